The van der Waals surface area contributed by atoms with Crippen LogP contribution in [0.25, 0.3) is 33.3 Å². The molecule has 0 aliphatic carbocycles. The zero-order valence-electron chi connectivity index (χ0n) is 47.9. The third-order valence-corrected chi connectivity index (χ3v) is 15.2. The van der Waals surface area contributed by atoms with Crippen molar-refractivity contribution in [3.63, 3.8) is 0 Å². The predicted octanol–water partition coefficient (Wildman–Crippen LogP) is 18.8. The molecule has 394 valence electrons. The van der Waals surface area contributed by atoms with E-state index in [0.29, 0.717) is 11.5 Å². The Labute approximate surface area is 464 Å². The van der Waals surface area contributed by atoms with Gasteiger partial charge in [0.2, 0.25) is 0 Å². The minimum Gasteiger partial charge on any atom is -0.509 e. The molecule has 0 amide bonds. The fourth-order valence-electron chi connectivity index (χ4n) is 10.3. The van der Waals surface area contributed by atoms with Crippen LogP contribution >= 0.6 is 0 Å². The van der Waals surface area contributed by atoms with Gasteiger partial charge in [0, 0.05) is 61.2 Å². The molecule has 9 rings (SSSR count). The number of fused-ring (bicyclic) bond motifs is 3. The van der Waals surface area contributed by atoms with Crippen LogP contribution in [0.2, 0.25) is 0 Å². The summed E-state index contributed by atoms with van der Waals surface area (Å²) in [7, 11) is 0. The number of pyridine rings is 1. The first-order chi connectivity index (χ1) is 34.6. The summed E-state index contributed by atoms with van der Waals surface area (Å²) in [5.41, 5.74) is 15.8. The van der Waals surface area contributed by atoms with Crippen molar-refractivity contribution in [3.8, 4) is 17.3 Å². The largest absolute Gasteiger partial charge is 0.509 e. The van der Waals surface area contributed by atoms with E-state index in [0.717, 1.165) is 50.3 Å². The number of nitrogens with zero attached hydrogens (tertiary/aromatic N) is 4. The van der Waals surface area contributed by atoms with E-state index in [2.05, 4.69) is 285 Å². The van der Waals surface area contributed by atoms with Gasteiger partial charge in [-0.25, -0.2) is 4.98 Å². The summed E-state index contributed by atoms with van der Waals surface area (Å²) in [4.78, 5) is 9.70. The summed E-state index contributed by atoms with van der Waals surface area (Å²) in [6, 6.07) is 52.4. The van der Waals surface area contributed by atoms with Gasteiger partial charge < -0.3 is 19.1 Å². The average molecular weight is 1180 g/mol. The Morgan fingerprint density at radius 2 is 1.12 bits per heavy atom. The zero-order valence-corrected chi connectivity index (χ0v) is 50.2. The van der Waals surface area contributed by atoms with E-state index in [1.807, 2.05) is 6.20 Å². The number of rotatable bonds is 10. The average Bonchev–Trinajstić information content (AvgIpc) is 3.92. The van der Waals surface area contributed by atoms with E-state index in [4.69, 9.17) is 9.72 Å². The Kier molecular flexibility index (Phi) is 14.9. The Balaban J connectivity index is 0.00000747. The number of hydrogen-bond acceptors (Lipinski definition) is 4. The molecule has 75 heavy (non-hydrogen) atoms. The monoisotopic (exact) mass is 1170 g/mol. The maximum Gasteiger partial charge on any atom is 0.135 e. The Morgan fingerprint density at radius 3 is 1.71 bits per heavy atom. The van der Waals surface area contributed by atoms with E-state index in [-0.39, 0.29) is 54.6 Å². The van der Waals surface area contributed by atoms with E-state index in [9.17, 15) is 0 Å². The third kappa shape index (κ3) is 11.0. The van der Waals surface area contributed by atoms with E-state index in [1.165, 1.54) is 44.5 Å². The van der Waals surface area contributed by atoms with Gasteiger partial charge in [0.25, 0.3) is 0 Å². The van der Waals surface area contributed by atoms with Gasteiger partial charge >= 0.3 is 0 Å². The number of ether oxygens (including phenoxy) is 1. The molecule has 0 fully saturated rings. The minimum absolute atomic E-state index is 0. The molecular weight excluding hydrogens is 1100 g/mol. The van der Waals surface area contributed by atoms with Crippen molar-refractivity contribution >= 4 is 38.9 Å². The second-order valence-electron chi connectivity index (χ2n) is 26.1. The van der Waals surface area contributed by atoms with Crippen molar-refractivity contribution in [2.75, 3.05) is 9.80 Å². The quantitative estimate of drug-likeness (QED) is 0.128. The van der Waals surface area contributed by atoms with Crippen LogP contribution in [-0.4, -0.2) is 9.55 Å². The second kappa shape index (κ2) is 20.2. The third-order valence-electron chi connectivity index (χ3n) is 15.2. The molecule has 0 unspecified atom stereocenters. The second-order valence-corrected chi connectivity index (χ2v) is 26.1. The summed E-state index contributed by atoms with van der Waals surface area (Å²) in [5, 5.41) is 2.26. The van der Waals surface area contributed by atoms with Gasteiger partial charge in [-0.1, -0.05) is 197 Å². The molecule has 5 nitrogen and oxygen atoms in total. The molecule has 0 saturated carbocycles. The van der Waals surface area contributed by atoms with Gasteiger partial charge in [0.05, 0.1) is 0 Å². The normalized spacial score (nSPS) is 13.8. The van der Waals surface area contributed by atoms with Crippen LogP contribution in [0.3, 0.4) is 0 Å². The minimum atomic E-state index is -0.400. The molecule has 6 aromatic carbocycles. The molecular formula is C69H79N4OPt-3. The first kappa shape index (κ1) is 55.3. The van der Waals surface area contributed by atoms with Crippen molar-refractivity contribution in [1.29, 1.82) is 0 Å². The van der Waals surface area contributed by atoms with Crippen LogP contribution < -0.4 is 14.5 Å². The van der Waals surface area contributed by atoms with Crippen molar-refractivity contribution in [2.24, 2.45) is 0 Å². The Morgan fingerprint density at radius 1 is 0.520 bits per heavy atom. The van der Waals surface area contributed by atoms with Crippen LogP contribution in [0, 0.1) is 18.8 Å². The SMILES string of the molecule is CC(C)c1cccc(C(C)C)c1C1=CN(c2cc(C(C)(C)C)cc(C(C)(C)C)c2)[CH-]N1c1[c-]c(Oc2[c-]c3c(cc2)c2cc(C(C)(C)C)ccc2n3-c2cc(C(C)(C)C)ccn2)cc(C(C)(C)c2ccccc2)c1.[Pt]. The topological polar surface area (TPSA) is 33.5 Å². The molecule has 0 N–H and O–H groups in total. The first-order valence-electron chi connectivity index (χ1n) is 26.8. The van der Waals surface area contributed by atoms with Gasteiger partial charge in [-0.05, 0) is 120 Å². The van der Waals surface area contributed by atoms with Crippen LogP contribution in [0.1, 0.15) is 187 Å². The standard InChI is InChI=1S/C69H79N4O.Pt/c1-44(2)56-25-22-26-57(45(3)4)64(56)62-42-71(52-34-49(67(11,12)13)33-50(35-52)68(14,15)16)43-72(62)53-36-51(69(17,18)46-23-20-19-21-24-46)37-55(40-53)74-54-28-29-58-59-38-47(65(5,6)7)27-30-60(59)73(61(58)41-54)63-39-48(31-32-70-63)66(8,9)10;/h19-39,42-45H,1-18H3;/q-3;. The number of benzene rings is 6. The van der Waals surface area contributed by atoms with E-state index < -0.39 is 5.41 Å². The van der Waals surface area contributed by atoms with Gasteiger partial charge in [-0.3, -0.25) is 0 Å². The van der Waals surface area contributed by atoms with Crippen molar-refractivity contribution in [1.82, 2.24) is 9.55 Å². The molecule has 1 aliphatic rings. The predicted molar refractivity (Wildman–Crippen MR) is 314 cm³/mol. The van der Waals surface area contributed by atoms with Crippen molar-refractivity contribution in [3.05, 3.63) is 203 Å². The maximum absolute atomic E-state index is 7.17. The van der Waals surface area contributed by atoms with Gasteiger partial charge in [0.1, 0.15) is 5.82 Å². The van der Waals surface area contributed by atoms with Gasteiger partial charge in [-0.15, -0.1) is 53.6 Å². The molecule has 0 saturated heterocycles. The molecule has 1 aliphatic heterocycles. The molecule has 8 aromatic rings. The van der Waals surface area contributed by atoms with Crippen LogP contribution in [-0.2, 0) is 48.1 Å². The summed E-state index contributed by atoms with van der Waals surface area (Å²) in [6.45, 7) is 43.5. The maximum atomic E-state index is 7.17. The molecule has 2 aromatic heterocycles. The summed E-state index contributed by atoms with van der Waals surface area (Å²) >= 11 is 0. The van der Waals surface area contributed by atoms with Crippen LogP contribution in [0.5, 0.6) is 11.5 Å². The number of hydrogen-bond donors (Lipinski definition) is 0. The molecule has 6 heteroatoms. The summed E-state index contributed by atoms with van der Waals surface area (Å²) in [6.07, 6.45) is 4.28. The Hall–Kier alpha value is -5.90. The van der Waals surface area contributed by atoms with E-state index >= 15 is 0 Å². The molecule has 0 radical (unpaired) electrons. The van der Waals surface area contributed by atoms with Crippen LogP contribution in [0.15, 0.2) is 134 Å². The molecule has 0 atom stereocenters. The molecule has 0 spiro atoms. The fourth-order valence-corrected chi connectivity index (χ4v) is 10.3. The smallest absolute Gasteiger partial charge is 0.135 e. The summed E-state index contributed by atoms with van der Waals surface area (Å²) < 4.78 is 9.42. The van der Waals surface area contributed by atoms with Gasteiger partial charge in [0.15, 0.2) is 0 Å². The number of anilines is 2. The van der Waals surface area contributed by atoms with Crippen LogP contribution in [0.4, 0.5) is 11.4 Å². The summed E-state index contributed by atoms with van der Waals surface area (Å²) in [5.74, 6) is 2.64. The fraction of sp³-hybridized carbons (Fsp3) is 0.362. The van der Waals surface area contributed by atoms with Gasteiger partial charge in [-0.2, -0.15) is 6.07 Å². The van der Waals surface area contributed by atoms with E-state index in [1.54, 1.807) is 0 Å². The molecule has 0 bridgehead atoms. The Bertz CT molecular complexity index is 3360. The number of aromatic nitrogens is 2. The first-order valence-corrected chi connectivity index (χ1v) is 26.8. The zero-order chi connectivity index (χ0) is 53.4. The van der Waals surface area contributed by atoms with Crippen molar-refractivity contribution in [2.45, 2.75) is 164 Å². The van der Waals surface area contributed by atoms with Crippen molar-refractivity contribution < 1.29 is 25.8 Å². The molecule has 3 heterocycles.